The number of aromatic nitrogens is 3. The first-order valence-electron chi connectivity index (χ1n) is 9.07. The highest BCUT2D eigenvalue weighted by atomic mass is 16.5. The fourth-order valence-corrected chi connectivity index (χ4v) is 3.62. The molecule has 0 bridgehead atoms. The third-order valence-electron chi connectivity index (χ3n) is 4.97. The second-order valence-electron chi connectivity index (χ2n) is 6.67. The molecule has 1 amide bonds. The molecule has 0 radical (unpaired) electrons. The molecule has 1 N–H and O–H groups in total. The summed E-state index contributed by atoms with van der Waals surface area (Å²) in [6, 6.07) is 0.207. The van der Waals surface area contributed by atoms with Gasteiger partial charge in [0, 0.05) is 19.1 Å². The Kier molecular flexibility index (Phi) is 4.78. The predicted molar refractivity (Wildman–Crippen MR) is 91.6 cm³/mol. The molecule has 2 fully saturated rings. The van der Waals surface area contributed by atoms with Crippen molar-refractivity contribution in [1.29, 1.82) is 0 Å². The summed E-state index contributed by atoms with van der Waals surface area (Å²) in [5.74, 6) is 0.496. The van der Waals surface area contributed by atoms with Gasteiger partial charge >= 0.3 is 0 Å². The van der Waals surface area contributed by atoms with Gasteiger partial charge in [-0.1, -0.05) is 30.8 Å². The number of hydrogen-bond donors (Lipinski definition) is 1. The van der Waals surface area contributed by atoms with Gasteiger partial charge in [-0.05, 0) is 12.8 Å². The van der Waals surface area contributed by atoms with Crippen molar-refractivity contribution in [3.63, 3.8) is 0 Å². The smallest absolute Gasteiger partial charge is 0.274 e. The standard InChI is InChI=1S/C17H23N5O3/c23-16(20-12-5-3-1-2-4-6-12)14-13-15(22-7-9-24-10-8-22)18-11-19-17(13)25-21-14/h11-12H,1-10H2,(H,20,23). The lowest BCUT2D eigenvalue weighted by atomic mass is 10.1. The lowest BCUT2D eigenvalue weighted by Gasteiger charge is -2.27. The molecule has 1 saturated carbocycles. The lowest BCUT2D eigenvalue weighted by Crippen LogP contribution is -2.37. The van der Waals surface area contributed by atoms with E-state index in [9.17, 15) is 4.79 Å². The second-order valence-corrected chi connectivity index (χ2v) is 6.67. The van der Waals surface area contributed by atoms with E-state index in [2.05, 4.69) is 25.3 Å². The quantitative estimate of drug-likeness (QED) is 0.849. The molecule has 8 nitrogen and oxygen atoms in total. The van der Waals surface area contributed by atoms with Crippen LogP contribution in [0.1, 0.15) is 49.0 Å². The minimum absolute atomic E-state index is 0.199. The molecule has 8 heteroatoms. The Balaban J connectivity index is 1.61. The maximum absolute atomic E-state index is 12.8. The summed E-state index contributed by atoms with van der Waals surface area (Å²) in [6.07, 6.45) is 8.30. The average molecular weight is 345 g/mol. The van der Waals surface area contributed by atoms with Crippen molar-refractivity contribution in [3.05, 3.63) is 12.0 Å². The molecule has 1 aliphatic carbocycles. The summed E-state index contributed by atoms with van der Waals surface area (Å²) in [7, 11) is 0. The van der Waals surface area contributed by atoms with E-state index in [1.807, 2.05) is 0 Å². The zero-order valence-corrected chi connectivity index (χ0v) is 14.2. The number of amides is 1. The van der Waals surface area contributed by atoms with E-state index in [-0.39, 0.29) is 17.6 Å². The Morgan fingerprint density at radius 1 is 1.12 bits per heavy atom. The first kappa shape index (κ1) is 16.3. The van der Waals surface area contributed by atoms with Crippen LogP contribution in [-0.2, 0) is 4.74 Å². The van der Waals surface area contributed by atoms with Gasteiger partial charge in [0.05, 0.1) is 13.2 Å². The van der Waals surface area contributed by atoms with Crippen molar-refractivity contribution in [3.8, 4) is 0 Å². The zero-order valence-electron chi connectivity index (χ0n) is 14.2. The number of rotatable bonds is 3. The molecule has 2 aromatic rings. The molecular weight excluding hydrogens is 322 g/mol. The van der Waals surface area contributed by atoms with Crippen LogP contribution in [0.3, 0.4) is 0 Å². The van der Waals surface area contributed by atoms with E-state index < -0.39 is 0 Å². The molecule has 0 atom stereocenters. The van der Waals surface area contributed by atoms with E-state index in [4.69, 9.17) is 9.26 Å². The van der Waals surface area contributed by atoms with Gasteiger partial charge in [0.15, 0.2) is 5.69 Å². The molecule has 2 aromatic heterocycles. The van der Waals surface area contributed by atoms with Crippen LogP contribution in [-0.4, -0.2) is 53.4 Å². The average Bonchev–Trinajstić information content (AvgIpc) is 2.93. The van der Waals surface area contributed by atoms with Crippen LogP contribution in [0.25, 0.3) is 11.1 Å². The Hall–Kier alpha value is -2.22. The lowest BCUT2D eigenvalue weighted by molar-refractivity contribution is 0.0926. The molecule has 0 unspecified atom stereocenters. The van der Waals surface area contributed by atoms with Gasteiger partial charge in [-0.2, -0.15) is 4.98 Å². The number of hydrogen-bond acceptors (Lipinski definition) is 7. The number of carbonyl (C=O) groups is 1. The van der Waals surface area contributed by atoms with E-state index in [1.165, 1.54) is 19.2 Å². The maximum Gasteiger partial charge on any atom is 0.274 e. The van der Waals surface area contributed by atoms with E-state index >= 15 is 0 Å². The molecule has 4 rings (SSSR count). The van der Waals surface area contributed by atoms with Crippen LogP contribution >= 0.6 is 0 Å². The first-order valence-corrected chi connectivity index (χ1v) is 9.07. The summed E-state index contributed by atoms with van der Waals surface area (Å²) >= 11 is 0. The van der Waals surface area contributed by atoms with Crippen molar-refractivity contribution in [2.45, 2.75) is 44.6 Å². The van der Waals surface area contributed by atoms with Gasteiger partial charge < -0.3 is 19.5 Å². The SMILES string of the molecule is O=C(NC1CCCCCC1)c1noc2ncnc(N3CCOCC3)c12. The number of ether oxygens (including phenoxy) is 1. The Morgan fingerprint density at radius 3 is 2.64 bits per heavy atom. The van der Waals surface area contributed by atoms with Crippen molar-refractivity contribution in [1.82, 2.24) is 20.4 Å². The molecule has 0 spiro atoms. The summed E-state index contributed by atoms with van der Waals surface area (Å²) in [6.45, 7) is 2.72. The van der Waals surface area contributed by atoms with E-state index in [1.54, 1.807) is 0 Å². The summed E-state index contributed by atoms with van der Waals surface area (Å²) < 4.78 is 10.7. The van der Waals surface area contributed by atoms with Crippen molar-refractivity contribution >= 4 is 22.8 Å². The zero-order chi connectivity index (χ0) is 17.1. The minimum atomic E-state index is -0.199. The van der Waals surface area contributed by atoms with Gasteiger partial charge in [0.1, 0.15) is 17.5 Å². The van der Waals surface area contributed by atoms with Crippen molar-refractivity contribution in [2.24, 2.45) is 0 Å². The molecule has 0 aromatic carbocycles. The van der Waals surface area contributed by atoms with Gasteiger partial charge in [-0.3, -0.25) is 4.79 Å². The normalized spacial score (nSPS) is 19.8. The Labute approximate surface area is 145 Å². The Bertz CT molecular complexity index is 733. The topological polar surface area (TPSA) is 93.4 Å². The third-order valence-corrected chi connectivity index (χ3v) is 4.97. The van der Waals surface area contributed by atoms with Crippen molar-refractivity contribution in [2.75, 3.05) is 31.2 Å². The molecule has 2 aliphatic rings. The van der Waals surface area contributed by atoms with Crippen LogP contribution in [0.5, 0.6) is 0 Å². The van der Waals surface area contributed by atoms with Gasteiger partial charge in [-0.25, -0.2) is 4.98 Å². The second kappa shape index (κ2) is 7.35. The fraction of sp³-hybridized carbons (Fsp3) is 0.647. The summed E-state index contributed by atoms with van der Waals surface area (Å²) in [5, 5.41) is 7.71. The third kappa shape index (κ3) is 3.44. The number of anilines is 1. The van der Waals surface area contributed by atoms with Crippen LogP contribution in [0.2, 0.25) is 0 Å². The van der Waals surface area contributed by atoms with Crippen LogP contribution in [0.15, 0.2) is 10.9 Å². The number of fused-ring (bicyclic) bond motifs is 1. The van der Waals surface area contributed by atoms with E-state index in [0.717, 1.165) is 38.8 Å². The number of carbonyl (C=O) groups excluding carboxylic acids is 1. The van der Waals surface area contributed by atoms with E-state index in [0.29, 0.717) is 30.1 Å². The van der Waals surface area contributed by atoms with Crippen molar-refractivity contribution < 1.29 is 14.1 Å². The van der Waals surface area contributed by atoms with Crippen LogP contribution in [0, 0.1) is 0 Å². The Morgan fingerprint density at radius 2 is 1.88 bits per heavy atom. The van der Waals surface area contributed by atoms with Gasteiger partial charge in [-0.15, -0.1) is 0 Å². The highest BCUT2D eigenvalue weighted by molar-refractivity contribution is 6.07. The number of nitrogens with zero attached hydrogens (tertiary/aromatic N) is 4. The summed E-state index contributed by atoms with van der Waals surface area (Å²) in [4.78, 5) is 23.4. The molecule has 3 heterocycles. The fourth-order valence-electron chi connectivity index (χ4n) is 3.62. The van der Waals surface area contributed by atoms with Crippen LogP contribution < -0.4 is 10.2 Å². The van der Waals surface area contributed by atoms with Gasteiger partial charge in [0.2, 0.25) is 0 Å². The van der Waals surface area contributed by atoms with Crippen LogP contribution in [0.4, 0.5) is 5.82 Å². The minimum Gasteiger partial charge on any atom is -0.378 e. The monoisotopic (exact) mass is 345 g/mol. The molecular formula is C17H23N5O3. The highest BCUT2D eigenvalue weighted by Crippen LogP contribution is 2.27. The maximum atomic E-state index is 12.8. The molecule has 134 valence electrons. The molecule has 1 saturated heterocycles. The molecule has 25 heavy (non-hydrogen) atoms. The molecule has 1 aliphatic heterocycles. The summed E-state index contributed by atoms with van der Waals surface area (Å²) in [5.41, 5.74) is 0.629. The van der Waals surface area contributed by atoms with Gasteiger partial charge in [0.25, 0.3) is 11.6 Å². The largest absolute Gasteiger partial charge is 0.378 e. The predicted octanol–water partition coefficient (Wildman–Crippen LogP) is 1.91. The first-order chi connectivity index (χ1) is 12.3. The number of nitrogens with one attached hydrogen (secondary N) is 1. The number of morpholine rings is 1. The highest BCUT2D eigenvalue weighted by Gasteiger charge is 2.26.